The van der Waals surface area contributed by atoms with Gasteiger partial charge in [0.2, 0.25) is 0 Å². The number of nitrogens with two attached hydrogens (primary N) is 1. The maximum atomic E-state index is 12.9. The zero-order chi connectivity index (χ0) is 12.3. The molecule has 0 saturated carbocycles. The van der Waals surface area contributed by atoms with Crippen LogP contribution in [0.1, 0.15) is 11.1 Å². The van der Waals surface area contributed by atoms with E-state index < -0.39 is 0 Å². The highest BCUT2D eigenvalue weighted by atomic mass is 32.2. The Hall–Kier alpha value is -1.55. The topological polar surface area (TPSA) is 38.9 Å². The van der Waals surface area contributed by atoms with E-state index in [4.69, 9.17) is 5.73 Å². The molecule has 0 aliphatic carbocycles. The molecule has 2 N–H and O–H groups in total. The molecule has 0 radical (unpaired) electrons. The van der Waals surface area contributed by atoms with Gasteiger partial charge in [0.05, 0.1) is 6.20 Å². The fourth-order valence-corrected chi connectivity index (χ4v) is 2.45. The molecule has 0 bridgehead atoms. The summed E-state index contributed by atoms with van der Waals surface area (Å²) in [5.41, 5.74) is 8.68. The number of benzene rings is 1. The van der Waals surface area contributed by atoms with Crippen LogP contribution in [0.2, 0.25) is 0 Å². The number of para-hydroxylation sites is 1. The van der Waals surface area contributed by atoms with Gasteiger partial charge in [-0.1, -0.05) is 12.1 Å². The number of nitrogens with zero attached hydrogens (tertiary/aromatic N) is 1. The third-order valence-electron chi connectivity index (χ3n) is 2.44. The summed E-state index contributed by atoms with van der Waals surface area (Å²) in [5, 5.41) is 0. The monoisotopic (exact) mass is 248 g/mol. The van der Waals surface area contributed by atoms with Crippen molar-refractivity contribution in [1.29, 1.82) is 0 Å². The molecule has 4 heteroatoms. The van der Waals surface area contributed by atoms with Crippen LogP contribution in [0.15, 0.2) is 41.6 Å². The molecule has 17 heavy (non-hydrogen) atoms. The molecule has 2 nitrogen and oxygen atoms in total. The molecular formula is C13H13FN2S. The van der Waals surface area contributed by atoms with E-state index in [1.54, 1.807) is 18.0 Å². The number of aromatic nitrogens is 1. The number of hydrogen-bond donors (Lipinski definition) is 1. The van der Waals surface area contributed by atoms with Gasteiger partial charge in [0.15, 0.2) is 0 Å². The average Bonchev–Trinajstić information content (AvgIpc) is 2.31. The molecule has 0 saturated heterocycles. The van der Waals surface area contributed by atoms with Gasteiger partial charge < -0.3 is 5.73 Å². The van der Waals surface area contributed by atoms with Gasteiger partial charge in [-0.05, 0) is 30.2 Å². The van der Waals surface area contributed by atoms with Crippen LogP contribution in [0.5, 0.6) is 0 Å². The van der Waals surface area contributed by atoms with Crippen LogP contribution >= 0.6 is 11.8 Å². The zero-order valence-electron chi connectivity index (χ0n) is 9.48. The molecule has 0 fully saturated rings. The first-order valence-electron chi connectivity index (χ1n) is 5.24. The number of anilines is 1. The van der Waals surface area contributed by atoms with Gasteiger partial charge in [-0.3, -0.25) is 4.98 Å². The molecule has 0 amide bonds. The minimum atomic E-state index is -0.305. The van der Waals surface area contributed by atoms with Gasteiger partial charge in [-0.25, -0.2) is 4.39 Å². The SMILES string of the molecule is Cc1cccc(SCc2cncc(F)c2)c1N. The summed E-state index contributed by atoms with van der Waals surface area (Å²) in [6.45, 7) is 1.98. The molecule has 1 aromatic carbocycles. The van der Waals surface area contributed by atoms with E-state index in [2.05, 4.69) is 4.98 Å². The Morgan fingerprint density at radius 3 is 2.94 bits per heavy atom. The third-order valence-corrected chi connectivity index (χ3v) is 3.58. The number of pyridine rings is 1. The molecule has 88 valence electrons. The van der Waals surface area contributed by atoms with E-state index in [1.165, 1.54) is 12.3 Å². The van der Waals surface area contributed by atoms with Crippen molar-refractivity contribution in [3.63, 3.8) is 0 Å². The average molecular weight is 248 g/mol. The summed E-state index contributed by atoms with van der Waals surface area (Å²) in [6, 6.07) is 7.41. The van der Waals surface area contributed by atoms with Crippen LogP contribution in [0.4, 0.5) is 10.1 Å². The van der Waals surface area contributed by atoms with Crippen molar-refractivity contribution in [3.05, 3.63) is 53.6 Å². The van der Waals surface area contributed by atoms with Gasteiger partial charge >= 0.3 is 0 Å². The number of nitrogen functional groups attached to an aromatic ring is 1. The fourth-order valence-electron chi connectivity index (χ4n) is 1.48. The summed E-state index contributed by atoms with van der Waals surface area (Å²) >= 11 is 1.59. The van der Waals surface area contributed by atoms with Crippen LogP contribution in [0, 0.1) is 12.7 Å². The number of hydrogen-bond acceptors (Lipinski definition) is 3. The Bertz CT molecular complexity index is 529. The molecule has 0 unspecified atom stereocenters. The minimum absolute atomic E-state index is 0.305. The van der Waals surface area contributed by atoms with Gasteiger partial charge in [0, 0.05) is 22.5 Å². The predicted molar refractivity (Wildman–Crippen MR) is 69.3 cm³/mol. The smallest absolute Gasteiger partial charge is 0.141 e. The second-order valence-corrected chi connectivity index (χ2v) is 4.80. The lowest BCUT2D eigenvalue weighted by atomic mass is 10.2. The largest absolute Gasteiger partial charge is 0.398 e. The Labute approximate surface area is 104 Å². The van der Waals surface area contributed by atoms with E-state index in [-0.39, 0.29) is 5.82 Å². The Balaban J connectivity index is 2.10. The lowest BCUT2D eigenvalue weighted by Gasteiger charge is -2.07. The quantitative estimate of drug-likeness (QED) is 0.668. The van der Waals surface area contributed by atoms with Gasteiger partial charge in [0.1, 0.15) is 5.82 Å². The molecule has 2 aromatic rings. The fraction of sp³-hybridized carbons (Fsp3) is 0.154. The number of rotatable bonds is 3. The molecule has 2 rings (SSSR count). The second-order valence-electron chi connectivity index (χ2n) is 3.79. The normalized spacial score (nSPS) is 10.5. The highest BCUT2D eigenvalue weighted by molar-refractivity contribution is 7.98. The standard InChI is InChI=1S/C13H13FN2S/c1-9-3-2-4-12(13(9)15)17-8-10-5-11(14)7-16-6-10/h2-7H,8,15H2,1H3. The molecule has 1 aromatic heterocycles. The molecule has 1 heterocycles. The summed E-state index contributed by atoms with van der Waals surface area (Å²) in [4.78, 5) is 4.84. The summed E-state index contributed by atoms with van der Waals surface area (Å²) in [6.07, 6.45) is 2.87. The predicted octanol–water partition coefficient (Wildman–Crippen LogP) is 3.40. The van der Waals surface area contributed by atoms with Gasteiger partial charge in [0.25, 0.3) is 0 Å². The highest BCUT2D eigenvalue weighted by Gasteiger charge is 2.03. The van der Waals surface area contributed by atoms with Crippen LogP contribution in [0.3, 0.4) is 0 Å². The van der Waals surface area contributed by atoms with Crippen molar-refractivity contribution >= 4 is 17.4 Å². The zero-order valence-corrected chi connectivity index (χ0v) is 10.3. The van der Waals surface area contributed by atoms with Crippen molar-refractivity contribution < 1.29 is 4.39 Å². The highest BCUT2D eigenvalue weighted by Crippen LogP contribution is 2.29. The van der Waals surface area contributed by atoms with Gasteiger partial charge in [-0.2, -0.15) is 0 Å². The first kappa shape index (κ1) is 11.9. The molecule has 0 spiro atoms. The number of halogens is 1. The van der Waals surface area contributed by atoms with Crippen LogP contribution < -0.4 is 5.73 Å². The lowest BCUT2D eigenvalue weighted by molar-refractivity contribution is 0.619. The van der Waals surface area contributed by atoms with Crippen molar-refractivity contribution in [2.75, 3.05) is 5.73 Å². The van der Waals surface area contributed by atoms with E-state index in [9.17, 15) is 4.39 Å². The van der Waals surface area contributed by atoms with Crippen LogP contribution in [-0.4, -0.2) is 4.98 Å². The maximum absolute atomic E-state index is 12.9. The summed E-state index contributed by atoms with van der Waals surface area (Å²) in [5.74, 6) is 0.360. The van der Waals surface area contributed by atoms with Crippen molar-refractivity contribution in [3.8, 4) is 0 Å². The Morgan fingerprint density at radius 2 is 2.18 bits per heavy atom. The first-order chi connectivity index (χ1) is 8.16. The van der Waals surface area contributed by atoms with E-state index in [0.29, 0.717) is 5.75 Å². The Morgan fingerprint density at radius 1 is 1.35 bits per heavy atom. The van der Waals surface area contributed by atoms with E-state index >= 15 is 0 Å². The molecule has 0 atom stereocenters. The molecule has 0 aliphatic rings. The van der Waals surface area contributed by atoms with Crippen molar-refractivity contribution in [2.24, 2.45) is 0 Å². The number of aryl methyl sites for hydroxylation is 1. The Kier molecular flexibility index (Phi) is 3.64. The van der Waals surface area contributed by atoms with Crippen molar-refractivity contribution in [1.82, 2.24) is 4.98 Å². The van der Waals surface area contributed by atoms with Crippen LogP contribution in [-0.2, 0) is 5.75 Å². The first-order valence-corrected chi connectivity index (χ1v) is 6.22. The molecule has 0 aliphatic heterocycles. The van der Waals surface area contributed by atoms with Crippen molar-refractivity contribution in [2.45, 2.75) is 17.6 Å². The van der Waals surface area contributed by atoms with E-state index in [0.717, 1.165) is 21.7 Å². The second kappa shape index (κ2) is 5.19. The lowest BCUT2D eigenvalue weighted by Crippen LogP contribution is -1.92. The van der Waals surface area contributed by atoms with Gasteiger partial charge in [-0.15, -0.1) is 11.8 Å². The molecular weight excluding hydrogens is 235 g/mol. The maximum Gasteiger partial charge on any atom is 0.141 e. The summed E-state index contributed by atoms with van der Waals surface area (Å²) in [7, 11) is 0. The third kappa shape index (κ3) is 2.97. The summed E-state index contributed by atoms with van der Waals surface area (Å²) < 4.78 is 12.9. The van der Waals surface area contributed by atoms with Crippen LogP contribution in [0.25, 0.3) is 0 Å². The number of thioether (sulfide) groups is 1. The van der Waals surface area contributed by atoms with E-state index in [1.807, 2.05) is 25.1 Å². The minimum Gasteiger partial charge on any atom is -0.398 e.